The molecule has 5 aromatic carbocycles. The number of rotatable bonds is 7. The number of nitrogens with zero attached hydrogens (tertiary/aromatic N) is 3. The van der Waals surface area contributed by atoms with E-state index in [0.29, 0.717) is 5.92 Å². The van der Waals surface area contributed by atoms with E-state index in [9.17, 15) is 5.11 Å². The van der Waals surface area contributed by atoms with Crippen LogP contribution in [-0.2, 0) is 6.42 Å². The summed E-state index contributed by atoms with van der Waals surface area (Å²) >= 11 is 1.76. The molecule has 0 saturated heterocycles. The van der Waals surface area contributed by atoms with Crippen LogP contribution in [0, 0.1) is 5.92 Å². The molecule has 0 spiro atoms. The molecule has 0 aliphatic rings. The Morgan fingerprint density at radius 2 is 1.45 bits per heavy atom. The number of aromatic nitrogens is 2. The fourth-order valence-electron chi connectivity index (χ4n) is 6.55. The van der Waals surface area contributed by atoms with E-state index in [1.54, 1.807) is 17.4 Å². The Morgan fingerprint density at radius 3 is 2.28 bits per heavy atom. The highest BCUT2D eigenvalue weighted by Gasteiger charge is 2.21. The summed E-state index contributed by atoms with van der Waals surface area (Å²) in [4.78, 5) is 12.4. The van der Waals surface area contributed by atoms with Gasteiger partial charge in [0, 0.05) is 48.4 Å². The average Bonchev–Trinajstić information content (AvgIpc) is 3.47. The van der Waals surface area contributed by atoms with Crippen molar-refractivity contribution in [3.05, 3.63) is 145 Å². The molecule has 0 aliphatic carbocycles. The van der Waals surface area contributed by atoms with E-state index in [4.69, 9.17) is 9.97 Å². The minimum Gasteiger partial charge on any atom is -0.507 e. The maximum Gasteiger partial charge on any atom is 0.139 e. The summed E-state index contributed by atoms with van der Waals surface area (Å²) in [7, 11) is 0. The van der Waals surface area contributed by atoms with Crippen molar-refractivity contribution in [2.75, 3.05) is 4.90 Å². The van der Waals surface area contributed by atoms with E-state index < -0.39 is 0 Å². The molecule has 8 aromatic rings. The molecular formula is C42H33N3OS. The zero-order valence-corrected chi connectivity index (χ0v) is 27.1. The van der Waals surface area contributed by atoms with Gasteiger partial charge in [-0.25, -0.2) is 9.97 Å². The average molecular weight is 628 g/mol. The van der Waals surface area contributed by atoms with Crippen LogP contribution in [0.3, 0.4) is 0 Å². The topological polar surface area (TPSA) is 49.3 Å². The van der Waals surface area contributed by atoms with Crippen LogP contribution in [0.4, 0.5) is 17.3 Å². The molecule has 8 rings (SSSR count). The first-order valence-electron chi connectivity index (χ1n) is 16.0. The van der Waals surface area contributed by atoms with Crippen molar-refractivity contribution in [1.82, 2.24) is 9.97 Å². The predicted octanol–water partition coefficient (Wildman–Crippen LogP) is 11.7. The Morgan fingerprint density at radius 1 is 0.681 bits per heavy atom. The quantitative estimate of drug-likeness (QED) is 0.191. The molecule has 47 heavy (non-hydrogen) atoms. The summed E-state index contributed by atoms with van der Waals surface area (Å²) < 4.78 is 2.37. The molecule has 3 aromatic heterocycles. The van der Waals surface area contributed by atoms with E-state index in [-0.39, 0.29) is 5.75 Å². The smallest absolute Gasteiger partial charge is 0.139 e. The first-order valence-corrected chi connectivity index (χ1v) is 16.8. The highest BCUT2D eigenvalue weighted by atomic mass is 32.1. The van der Waals surface area contributed by atoms with E-state index >= 15 is 0 Å². The number of phenols is 1. The van der Waals surface area contributed by atoms with E-state index in [1.165, 1.54) is 15.6 Å². The van der Waals surface area contributed by atoms with Gasteiger partial charge >= 0.3 is 0 Å². The lowest BCUT2D eigenvalue weighted by molar-refractivity contribution is 0.477. The third-order valence-electron chi connectivity index (χ3n) is 8.60. The van der Waals surface area contributed by atoms with Crippen molar-refractivity contribution in [2.45, 2.75) is 20.3 Å². The minimum atomic E-state index is 0.267. The molecule has 5 heteroatoms. The number of phenolic OH excluding ortho intramolecular Hbond substituents is 1. The van der Waals surface area contributed by atoms with Crippen LogP contribution in [0.2, 0.25) is 0 Å². The van der Waals surface area contributed by atoms with E-state index in [2.05, 4.69) is 110 Å². The summed E-state index contributed by atoms with van der Waals surface area (Å²) in [5, 5.41) is 15.7. The summed E-state index contributed by atoms with van der Waals surface area (Å²) in [6.07, 6.45) is 2.74. The number of hydrogen-bond acceptors (Lipinski definition) is 5. The van der Waals surface area contributed by atoms with Crippen LogP contribution in [-0.4, -0.2) is 15.1 Å². The van der Waals surface area contributed by atoms with Crippen LogP contribution in [0.1, 0.15) is 19.4 Å². The standard InChI is InChI=1S/C42H33N3OS/c1-27(2)22-28-23-36(30-25-34(32-15-5-7-18-38(32)46)42-35(26-30)33-16-6-8-19-39(33)47-42)44-41(24-28)45(40-20-9-10-21-43-40)37-17-11-13-29-12-3-4-14-31(29)37/h3-21,23-27,46H,22H2,1-2H3. The van der Waals surface area contributed by atoms with Gasteiger partial charge in [0.25, 0.3) is 0 Å². The minimum absolute atomic E-state index is 0.267. The Hall–Kier alpha value is -5.52. The van der Waals surface area contributed by atoms with Crippen molar-refractivity contribution in [1.29, 1.82) is 0 Å². The zero-order valence-electron chi connectivity index (χ0n) is 26.3. The number of para-hydroxylation sites is 1. The number of pyridine rings is 2. The van der Waals surface area contributed by atoms with Crippen LogP contribution < -0.4 is 4.90 Å². The van der Waals surface area contributed by atoms with Gasteiger partial charge in [-0.3, -0.25) is 4.90 Å². The summed E-state index contributed by atoms with van der Waals surface area (Å²) in [6.45, 7) is 4.50. The van der Waals surface area contributed by atoms with Gasteiger partial charge < -0.3 is 5.11 Å². The Labute approximate surface area is 278 Å². The lowest BCUT2D eigenvalue weighted by Gasteiger charge is -2.26. The van der Waals surface area contributed by atoms with E-state index in [1.807, 2.05) is 42.6 Å². The third-order valence-corrected chi connectivity index (χ3v) is 9.82. The molecule has 228 valence electrons. The van der Waals surface area contributed by atoms with Crippen LogP contribution in [0.5, 0.6) is 5.75 Å². The summed E-state index contributed by atoms with van der Waals surface area (Å²) in [5.74, 6) is 2.34. The van der Waals surface area contributed by atoms with Crippen LogP contribution in [0.25, 0.3) is 53.3 Å². The van der Waals surface area contributed by atoms with Gasteiger partial charge in [-0.15, -0.1) is 11.3 Å². The molecule has 0 atom stereocenters. The maximum absolute atomic E-state index is 11.0. The Kier molecular flexibility index (Phi) is 7.39. The van der Waals surface area contributed by atoms with Crippen molar-refractivity contribution in [3.63, 3.8) is 0 Å². The first kappa shape index (κ1) is 28.9. The maximum atomic E-state index is 11.0. The van der Waals surface area contributed by atoms with Crippen molar-refractivity contribution >= 4 is 59.6 Å². The van der Waals surface area contributed by atoms with Gasteiger partial charge in [-0.1, -0.05) is 92.7 Å². The highest BCUT2D eigenvalue weighted by molar-refractivity contribution is 7.26. The van der Waals surface area contributed by atoms with E-state index in [0.717, 1.165) is 67.0 Å². The molecule has 4 nitrogen and oxygen atoms in total. The number of benzene rings is 5. The number of aromatic hydroxyl groups is 1. The molecule has 0 amide bonds. The molecule has 0 aliphatic heterocycles. The predicted molar refractivity (Wildman–Crippen MR) is 198 cm³/mol. The number of fused-ring (bicyclic) bond motifs is 4. The van der Waals surface area contributed by atoms with Gasteiger partial charge in [0.05, 0.1) is 11.4 Å². The van der Waals surface area contributed by atoms with Gasteiger partial charge in [-0.2, -0.15) is 0 Å². The Bertz CT molecular complexity index is 2390. The molecule has 0 bridgehead atoms. The Balaban J connectivity index is 1.41. The monoisotopic (exact) mass is 627 g/mol. The molecule has 0 unspecified atom stereocenters. The first-order chi connectivity index (χ1) is 23.0. The lowest BCUT2D eigenvalue weighted by atomic mass is 9.96. The van der Waals surface area contributed by atoms with Gasteiger partial charge in [0.15, 0.2) is 0 Å². The molecular weight excluding hydrogens is 595 g/mol. The molecule has 1 N–H and O–H groups in total. The third kappa shape index (κ3) is 5.39. The molecule has 0 saturated carbocycles. The van der Waals surface area contributed by atoms with Crippen molar-refractivity contribution in [3.8, 4) is 28.1 Å². The summed E-state index contributed by atoms with van der Waals surface area (Å²) in [5.41, 5.74) is 5.94. The van der Waals surface area contributed by atoms with Crippen LogP contribution in [0.15, 0.2) is 140 Å². The fourth-order valence-corrected chi connectivity index (χ4v) is 7.76. The molecule has 0 radical (unpaired) electrons. The highest BCUT2D eigenvalue weighted by Crippen LogP contribution is 2.45. The number of hydrogen-bond donors (Lipinski definition) is 1. The summed E-state index contributed by atoms with van der Waals surface area (Å²) in [6, 6.07) is 45.9. The van der Waals surface area contributed by atoms with Crippen molar-refractivity contribution in [2.24, 2.45) is 5.92 Å². The van der Waals surface area contributed by atoms with Crippen LogP contribution >= 0.6 is 11.3 Å². The molecule has 3 heterocycles. The second-order valence-corrected chi connectivity index (χ2v) is 13.4. The van der Waals surface area contributed by atoms with Gasteiger partial charge in [0.2, 0.25) is 0 Å². The lowest BCUT2D eigenvalue weighted by Crippen LogP contribution is -2.14. The largest absolute Gasteiger partial charge is 0.507 e. The second kappa shape index (κ2) is 12.0. The SMILES string of the molecule is CC(C)Cc1cc(-c2cc(-c3ccccc3O)c3sc4ccccc4c3c2)nc(N(c2ccccn2)c2cccc3ccccc23)c1. The van der Waals surface area contributed by atoms with Gasteiger partial charge in [0.1, 0.15) is 17.4 Å². The fraction of sp³-hybridized carbons (Fsp3) is 0.0952. The normalized spacial score (nSPS) is 11.6. The molecule has 0 fully saturated rings. The van der Waals surface area contributed by atoms with Crippen molar-refractivity contribution < 1.29 is 5.11 Å². The second-order valence-electron chi connectivity index (χ2n) is 12.4. The number of anilines is 3. The number of thiophene rings is 1. The zero-order chi connectivity index (χ0) is 31.9. The van der Waals surface area contributed by atoms with Gasteiger partial charge in [-0.05, 0) is 77.9 Å².